The summed E-state index contributed by atoms with van der Waals surface area (Å²) in [5.41, 5.74) is 2.79. The third-order valence-corrected chi connectivity index (χ3v) is 4.50. The maximum Gasteiger partial charge on any atom is 0.239 e. The zero-order valence-electron chi connectivity index (χ0n) is 16.2. The number of benzene rings is 2. The van der Waals surface area contributed by atoms with E-state index in [-0.39, 0.29) is 17.7 Å². The summed E-state index contributed by atoms with van der Waals surface area (Å²) in [7, 11) is 0. The number of rotatable bonds is 6. The lowest BCUT2D eigenvalue weighted by Gasteiger charge is -2.24. The molecule has 2 amide bonds. The van der Waals surface area contributed by atoms with E-state index in [1.165, 1.54) is 0 Å². The maximum atomic E-state index is 12.7. The van der Waals surface area contributed by atoms with Gasteiger partial charge in [0.25, 0.3) is 0 Å². The molecule has 0 aliphatic heterocycles. The summed E-state index contributed by atoms with van der Waals surface area (Å²) in [4.78, 5) is 25.3. The topological polar surface area (TPSA) is 58.2 Å². The number of anilines is 1. The average Bonchev–Trinajstić information content (AvgIpc) is 2.59. The Labute approximate surface area is 156 Å². The van der Waals surface area contributed by atoms with Crippen LogP contribution < -0.4 is 10.6 Å². The van der Waals surface area contributed by atoms with Crippen molar-refractivity contribution in [3.8, 4) is 0 Å². The molecule has 0 radical (unpaired) electrons. The molecular weight excluding hydrogens is 324 g/mol. The molecule has 4 nitrogen and oxygen atoms in total. The molecule has 2 rings (SSSR count). The number of amides is 2. The van der Waals surface area contributed by atoms with E-state index in [1.54, 1.807) is 13.8 Å². The standard InChI is InChI=1S/C22H28N2O2/c1-15(2)18-11-6-7-12-19(18)24-21(26)22(4,5)20(25)23-14-17-10-8-9-16(3)13-17/h6-13,15H,14H2,1-5H3,(H,23,25)(H,24,26). The van der Waals surface area contributed by atoms with Crippen LogP contribution in [0.5, 0.6) is 0 Å². The molecule has 0 spiro atoms. The van der Waals surface area contributed by atoms with Crippen molar-refractivity contribution in [3.05, 3.63) is 65.2 Å². The van der Waals surface area contributed by atoms with Crippen molar-refractivity contribution in [1.29, 1.82) is 0 Å². The molecule has 0 aliphatic rings. The summed E-state index contributed by atoms with van der Waals surface area (Å²) in [6.45, 7) is 9.85. The first-order valence-corrected chi connectivity index (χ1v) is 8.96. The number of hydrogen-bond acceptors (Lipinski definition) is 2. The van der Waals surface area contributed by atoms with E-state index in [4.69, 9.17) is 0 Å². The van der Waals surface area contributed by atoms with Crippen molar-refractivity contribution in [2.75, 3.05) is 5.32 Å². The monoisotopic (exact) mass is 352 g/mol. The van der Waals surface area contributed by atoms with Gasteiger partial charge in [0.1, 0.15) is 5.41 Å². The van der Waals surface area contributed by atoms with Gasteiger partial charge >= 0.3 is 0 Å². The molecule has 2 aromatic rings. The zero-order chi connectivity index (χ0) is 19.3. The van der Waals surface area contributed by atoms with Gasteiger partial charge in [-0.3, -0.25) is 9.59 Å². The Hall–Kier alpha value is -2.62. The fourth-order valence-corrected chi connectivity index (χ4v) is 2.72. The number of nitrogens with one attached hydrogen (secondary N) is 2. The molecule has 0 aromatic heterocycles. The average molecular weight is 352 g/mol. The van der Waals surface area contributed by atoms with Crippen LogP contribution in [0.1, 0.15) is 50.3 Å². The van der Waals surface area contributed by atoms with Gasteiger partial charge in [-0.15, -0.1) is 0 Å². The van der Waals surface area contributed by atoms with Crippen LogP contribution in [0.4, 0.5) is 5.69 Å². The van der Waals surface area contributed by atoms with Gasteiger partial charge in [0, 0.05) is 12.2 Å². The van der Waals surface area contributed by atoms with Crippen molar-refractivity contribution >= 4 is 17.5 Å². The molecule has 4 heteroatoms. The van der Waals surface area contributed by atoms with Crippen molar-refractivity contribution in [2.24, 2.45) is 5.41 Å². The highest BCUT2D eigenvalue weighted by Crippen LogP contribution is 2.26. The molecule has 2 N–H and O–H groups in total. The van der Waals surface area contributed by atoms with Crippen LogP contribution in [0, 0.1) is 12.3 Å². The Morgan fingerprint density at radius 3 is 2.35 bits per heavy atom. The highest BCUT2D eigenvalue weighted by molar-refractivity contribution is 6.10. The van der Waals surface area contributed by atoms with Crippen molar-refractivity contribution < 1.29 is 9.59 Å². The number of carbonyl (C=O) groups excluding carboxylic acids is 2. The van der Waals surface area contributed by atoms with E-state index in [0.29, 0.717) is 6.54 Å². The highest BCUT2D eigenvalue weighted by atomic mass is 16.2. The van der Waals surface area contributed by atoms with Crippen LogP contribution in [0.2, 0.25) is 0 Å². The van der Waals surface area contributed by atoms with Crippen molar-refractivity contribution in [3.63, 3.8) is 0 Å². The fraction of sp³-hybridized carbons (Fsp3) is 0.364. The Morgan fingerprint density at radius 1 is 1.00 bits per heavy atom. The lowest BCUT2D eigenvalue weighted by molar-refractivity contribution is -0.138. The number of para-hydroxylation sites is 1. The van der Waals surface area contributed by atoms with Crippen molar-refractivity contribution in [1.82, 2.24) is 5.32 Å². The lowest BCUT2D eigenvalue weighted by atomic mass is 9.90. The van der Waals surface area contributed by atoms with Crippen LogP contribution in [0.25, 0.3) is 0 Å². The molecule has 0 saturated carbocycles. The minimum Gasteiger partial charge on any atom is -0.351 e. The van der Waals surface area contributed by atoms with Crippen LogP contribution in [-0.4, -0.2) is 11.8 Å². The zero-order valence-corrected chi connectivity index (χ0v) is 16.2. The lowest BCUT2D eigenvalue weighted by Crippen LogP contribution is -2.45. The normalized spacial score (nSPS) is 11.3. The molecule has 0 atom stereocenters. The summed E-state index contributed by atoms with van der Waals surface area (Å²) < 4.78 is 0. The second-order valence-corrected chi connectivity index (χ2v) is 7.49. The summed E-state index contributed by atoms with van der Waals surface area (Å²) >= 11 is 0. The van der Waals surface area contributed by atoms with Crippen LogP contribution in [0.3, 0.4) is 0 Å². The van der Waals surface area contributed by atoms with E-state index in [0.717, 1.165) is 22.4 Å². The number of aryl methyl sites for hydroxylation is 1. The first-order valence-electron chi connectivity index (χ1n) is 8.96. The van der Waals surface area contributed by atoms with Gasteiger partial charge in [0.2, 0.25) is 11.8 Å². The highest BCUT2D eigenvalue weighted by Gasteiger charge is 2.36. The van der Waals surface area contributed by atoms with Gasteiger partial charge < -0.3 is 10.6 Å². The van der Waals surface area contributed by atoms with E-state index in [9.17, 15) is 9.59 Å². The molecule has 0 fully saturated rings. The summed E-state index contributed by atoms with van der Waals surface area (Å²) in [6.07, 6.45) is 0. The van der Waals surface area contributed by atoms with Gasteiger partial charge in [-0.1, -0.05) is 61.9 Å². The van der Waals surface area contributed by atoms with Crippen LogP contribution >= 0.6 is 0 Å². The predicted octanol–water partition coefficient (Wildman–Crippen LogP) is 4.40. The predicted molar refractivity (Wildman–Crippen MR) is 106 cm³/mol. The smallest absolute Gasteiger partial charge is 0.239 e. The third kappa shape index (κ3) is 4.72. The largest absolute Gasteiger partial charge is 0.351 e. The van der Waals surface area contributed by atoms with Crippen LogP contribution in [0.15, 0.2) is 48.5 Å². The van der Waals surface area contributed by atoms with E-state index in [2.05, 4.69) is 24.5 Å². The maximum absolute atomic E-state index is 12.7. The Morgan fingerprint density at radius 2 is 1.69 bits per heavy atom. The van der Waals surface area contributed by atoms with E-state index >= 15 is 0 Å². The summed E-state index contributed by atoms with van der Waals surface area (Å²) in [6, 6.07) is 15.6. The third-order valence-electron chi connectivity index (χ3n) is 4.50. The molecule has 138 valence electrons. The van der Waals surface area contributed by atoms with E-state index < -0.39 is 5.41 Å². The molecule has 0 bridgehead atoms. The Bertz CT molecular complexity index is 794. The van der Waals surface area contributed by atoms with Crippen LogP contribution in [-0.2, 0) is 16.1 Å². The fourth-order valence-electron chi connectivity index (χ4n) is 2.72. The number of carbonyl (C=O) groups is 2. The molecule has 0 unspecified atom stereocenters. The molecule has 2 aromatic carbocycles. The molecule has 0 heterocycles. The Balaban J connectivity index is 2.06. The molecule has 0 aliphatic carbocycles. The minimum atomic E-state index is -1.17. The molecule has 26 heavy (non-hydrogen) atoms. The SMILES string of the molecule is Cc1cccc(CNC(=O)C(C)(C)C(=O)Nc2ccccc2C(C)C)c1. The van der Waals surface area contributed by atoms with Gasteiger partial charge in [-0.25, -0.2) is 0 Å². The number of hydrogen-bond donors (Lipinski definition) is 2. The Kier molecular flexibility index (Phi) is 6.19. The second-order valence-electron chi connectivity index (χ2n) is 7.49. The summed E-state index contributed by atoms with van der Waals surface area (Å²) in [5.74, 6) is -0.323. The van der Waals surface area contributed by atoms with Crippen molar-refractivity contribution in [2.45, 2.75) is 47.1 Å². The second kappa shape index (κ2) is 8.17. The van der Waals surface area contributed by atoms with E-state index in [1.807, 2.05) is 55.5 Å². The van der Waals surface area contributed by atoms with Gasteiger partial charge in [0.05, 0.1) is 0 Å². The first-order chi connectivity index (χ1) is 12.2. The van der Waals surface area contributed by atoms with Gasteiger partial charge in [0.15, 0.2) is 0 Å². The first kappa shape index (κ1) is 19.7. The quantitative estimate of drug-likeness (QED) is 0.757. The molecule has 0 saturated heterocycles. The van der Waals surface area contributed by atoms with Gasteiger partial charge in [-0.05, 0) is 43.9 Å². The summed E-state index contributed by atoms with van der Waals surface area (Å²) in [5, 5.41) is 5.79. The van der Waals surface area contributed by atoms with Gasteiger partial charge in [-0.2, -0.15) is 0 Å². The minimum absolute atomic E-state index is 0.282. The molecular formula is C22H28N2O2.